The van der Waals surface area contributed by atoms with Crippen LogP contribution in [0.25, 0.3) is 0 Å². The lowest BCUT2D eigenvalue weighted by molar-refractivity contribution is 0.0746. The summed E-state index contributed by atoms with van der Waals surface area (Å²) < 4.78 is 0. The first-order valence-corrected chi connectivity index (χ1v) is 8.29. The number of carbonyl (C=O) groups is 1. The summed E-state index contributed by atoms with van der Waals surface area (Å²) in [6, 6.07) is 13.9. The van der Waals surface area contributed by atoms with Crippen LogP contribution in [0.2, 0.25) is 5.02 Å². The summed E-state index contributed by atoms with van der Waals surface area (Å²) in [5.41, 5.74) is 4.15. The molecule has 4 heteroatoms. The highest BCUT2D eigenvalue weighted by molar-refractivity contribution is 6.30. The Hall–Kier alpha value is -2.00. The Morgan fingerprint density at radius 1 is 0.957 bits per heavy atom. The minimum atomic E-state index is 0.141. The number of nitrogens with zero attached hydrogens (tertiary/aromatic N) is 2. The molecule has 1 saturated heterocycles. The third-order valence-corrected chi connectivity index (χ3v) is 4.63. The van der Waals surface area contributed by atoms with Crippen LogP contribution in [0.3, 0.4) is 0 Å². The van der Waals surface area contributed by atoms with Crippen molar-refractivity contribution >= 4 is 23.2 Å². The highest BCUT2D eigenvalue weighted by Gasteiger charge is 2.23. The summed E-state index contributed by atoms with van der Waals surface area (Å²) in [4.78, 5) is 17.0. The predicted octanol–water partition coefficient (Wildman–Crippen LogP) is 3.92. The molecule has 1 fully saturated rings. The van der Waals surface area contributed by atoms with Crippen LogP contribution >= 0.6 is 11.6 Å². The molecule has 1 amide bonds. The Kier molecular flexibility index (Phi) is 4.58. The summed E-state index contributed by atoms with van der Waals surface area (Å²) >= 11 is 5.94. The van der Waals surface area contributed by atoms with Crippen molar-refractivity contribution in [3.8, 4) is 0 Å². The van der Waals surface area contributed by atoms with E-state index in [0.29, 0.717) is 0 Å². The minimum Gasteiger partial charge on any atom is -0.368 e. The van der Waals surface area contributed by atoms with Gasteiger partial charge in [0.1, 0.15) is 0 Å². The molecule has 1 heterocycles. The molecular weight excluding hydrogens is 308 g/mol. The van der Waals surface area contributed by atoms with E-state index in [9.17, 15) is 4.79 Å². The number of hydrogen-bond donors (Lipinski definition) is 0. The zero-order valence-corrected chi connectivity index (χ0v) is 14.3. The zero-order valence-electron chi connectivity index (χ0n) is 13.6. The lowest BCUT2D eigenvalue weighted by atomic mass is 10.0. The molecule has 0 atom stereocenters. The molecular formula is C19H21ClN2O. The van der Waals surface area contributed by atoms with Gasteiger partial charge >= 0.3 is 0 Å². The number of piperazine rings is 1. The quantitative estimate of drug-likeness (QED) is 0.834. The van der Waals surface area contributed by atoms with E-state index in [0.717, 1.165) is 53.6 Å². The van der Waals surface area contributed by atoms with Gasteiger partial charge in [0, 0.05) is 42.5 Å². The fourth-order valence-corrected chi connectivity index (χ4v) is 3.08. The highest BCUT2D eigenvalue weighted by atomic mass is 35.5. The molecule has 120 valence electrons. The Labute approximate surface area is 142 Å². The number of anilines is 1. The zero-order chi connectivity index (χ0) is 16.4. The molecule has 3 rings (SSSR count). The number of rotatable bonds is 2. The van der Waals surface area contributed by atoms with Crippen molar-refractivity contribution in [2.24, 2.45) is 0 Å². The van der Waals surface area contributed by atoms with Crippen LogP contribution < -0.4 is 4.90 Å². The second-order valence-corrected chi connectivity index (χ2v) is 6.51. The van der Waals surface area contributed by atoms with Crippen LogP contribution in [0.1, 0.15) is 21.5 Å². The molecule has 1 aliphatic rings. The van der Waals surface area contributed by atoms with E-state index >= 15 is 0 Å². The van der Waals surface area contributed by atoms with Gasteiger partial charge in [-0.3, -0.25) is 4.79 Å². The number of benzene rings is 2. The summed E-state index contributed by atoms with van der Waals surface area (Å²) in [6.45, 7) is 7.20. The number of aryl methyl sites for hydroxylation is 2. The maximum Gasteiger partial charge on any atom is 0.254 e. The maximum absolute atomic E-state index is 12.8. The summed E-state index contributed by atoms with van der Waals surface area (Å²) in [7, 11) is 0. The molecule has 3 nitrogen and oxygen atoms in total. The number of hydrogen-bond acceptors (Lipinski definition) is 2. The molecule has 1 aliphatic heterocycles. The van der Waals surface area contributed by atoms with Gasteiger partial charge in [-0.1, -0.05) is 29.3 Å². The van der Waals surface area contributed by atoms with E-state index in [-0.39, 0.29) is 5.91 Å². The second-order valence-electron chi connectivity index (χ2n) is 6.07. The molecule has 0 saturated carbocycles. The maximum atomic E-state index is 12.8. The van der Waals surface area contributed by atoms with Crippen LogP contribution in [0, 0.1) is 13.8 Å². The van der Waals surface area contributed by atoms with Crippen LogP contribution in [-0.4, -0.2) is 37.0 Å². The lowest BCUT2D eigenvalue weighted by Crippen LogP contribution is -2.49. The Balaban J connectivity index is 1.67. The molecule has 0 aliphatic carbocycles. The van der Waals surface area contributed by atoms with E-state index in [2.05, 4.69) is 4.90 Å². The van der Waals surface area contributed by atoms with Crippen LogP contribution in [0.5, 0.6) is 0 Å². The topological polar surface area (TPSA) is 23.6 Å². The van der Waals surface area contributed by atoms with Gasteiger partial charge in [0.05, 0.1) is 0 Å². The SMILES string of the molecule is Cc1ccc(C)c(C(=O)N2CCN(c3ccc(Cl)cc3)CC2)c1. The third kappa shape index (κ3) is 3.50. The van der Waals surface area contributed by atoms with Crippen molar-refractivity contribution in [1.29, 1.82) is 0 Å². The Morgan fingerprint density at radius 2 is 1.61 bits per heavy atom. The fraction of sp³-hybridized carbons (Fsp3) is 0.316. The van der Waals surface area contributed by atoms with Gasteiger partial charge in [-0.25, -0.2) is 0 Å². The monoisotopic (exact) mass is 328 g/mol. The highest BCUT2D eigenvalue weighted by Crippen LogP contribution is 2.21. The molecule has 0 aromatic heterocycles. The van der Waals surface area contributed by atoms with Gasteiger partial charge in [0.25, 0.3) is 5.91 Å². The fourth-order valence-electron chi connectivity index (χ4n) is 2.96. The predicted molar refractivity (Wildman–Crippen MR) is 95.5 cm³/mol. The van der Waals surface area contributed by atoms with E-state index in [1.807, 2.05) is 61.2 Å². The first-order valence-electron chi connectivity index (χ1n) is 7.91. The van der Waals surface area contributed by atoms with Gasteiger partial charge in [-0.2, -0.15) is 0 Å². The molecule has 0 N–H and O–H groups in total. The van der Waals surface area contributed by atoms with Gasteiger partial charge in [-0.15, -0.1) is 0 Å². The van der Waals surface area contributed by atoms with Crippen molar-refractivity contribution in [3.05, 3.63) is 64.2 Å². The van der Waals surface area contributed by atoms with E-state index in [4.69, 9.17) is 11.6 Å². The number of carbonyl (C=O) groups excluding carboxylic acids is 1. The summed E-state index contributed by atoms with van der Waals surface area (Å²) in [5.74, 6) is 0.141. The Bertz CT molecular complexity index is 704. The normalized spacial score (nSPS) is 14.9. The van der Waals surface area contributed by atoms with Crippen molar-refractivity contribution < 1.29 is 4.79 Å². The van der Waals surface area contributed by atoms with Crippen molar-refractivity contribution in [2.75, 3.05) is 31.1 Å². The first kappa shape index (κ1) is 15.9. The largest absolute Gasteiger partial charge is 0.368 e. The average molecular weight is 329 g/mol. The second kappa shape index (κ2) is 6.63. The first-order chi connectivity index (χ1) is 11.0. The van der Waals surface area contributed by atoms with Crippen molar-refractivity contribution in [2.45, 2.75) is 13.8 Å². The van der Waals surface area contributed by atoms with Gasteiger partial charge in [-0.05, 0) is 49.7 Å². The molecule has 23 heavy (non-hydrogen) atoms. The number of amides is 1. The summed E-state index contributed by atoms with van der Waals surface area (Å²) in [6.07, 6.45) is 0. The van der Waals surface area contributed by atoms with Crippen LogP contribution in [0.4, 0.5) is 5.69 Å². The third-order valence-electron chi connectivity index (χ3n) is 4.38. The molecule has 0 bridgehead atoms. The molecule has 2 aromatic rings. The molecule has 0 unspecified atom stereocenters. The van der Waals surface area contributed by atoms with E-state index in [1.165, 1.54) is 0 Å². The minimum absolute atomic E-state index is 0.141. The standard InChI is InChI=1S/C19H21ClN2O/c1-14-3-4-15(2)18(13-14)19(23)22-11-9-21(10-12-22)17-7-5-16(20)6-8-17/h3-8,13H,9-12H2,1-2H3. The van der Waals surface area contributed by atoms with Crippen molar-refractivity contribution in [1.82, 2.24) is 4.90 Å². The molecule has 2 aromatic carbocycles. The molecule has 0 spiro atoms. The number of halogens is 1. The Morgan fingerprint density at radius 3 is 2.26 bits per heavy atom. The molecule has 0 radical (unpaired) electrons. The van der Waals surface area contributed by atoms with E-state index in [1.54, 1.807) is 0 Å². The lowest BCUT2D eigenvalue weighted by Gasteiger charge is -2.36. The smallest absolute Gasteiger partial charge is 0.254 e. The van der Waals surface area contributed by atoms with E-state index < -0.39 is 0 Å². The van der Waals surface area contributed by atoms with Gasteiger partial charge in [0.15, 0.2) is 0 Å². The van der Waals surface area contributed by atoms with Crippen LogP contribution in [-0.2, 0) is 0 Å². The van der Waals surface area contributed by atoms with Crippen LogP contribution in [0.15, 0.2) is 42.5 Å². The summed E-state index contributed by atoms with van der Waals surface area (Å²) in [5, 5.41) is 0.748. The average Bonchev–Trinajstić information content (AvgIpc) is 2.57. The van der Waals surface area contributed by atoms with Gasteiger partial charge < -0.3 is 9.80 Å². The van der Waals surface area contributed by atoms with Gasteiger partial charge in [0.2, 0.25) is 0 Å². The van der Waals surface area contributed by atoms with Crippen molar-refractivity contribution in [3.63, 3.8) is 0 Å².